The molecule has 6 rings (SSSR count). The summed E-state index contributed by atoms with van der Waals surface area (Å²) in [6, 6.07) is 26.3. The van der Waals surface area contributed by atoms with Gasteiger partial charge >= 0.3 is 0 Å². The monoisotopic (exact) mass is 603 g/mol. The standard InChI is InChI=1S/C32H34ClN7O.ClH/c1-22-26(33)15-10-16-27(22)38-17-19-39(20-18-38)32(23(2)41)37(3)30-28-31(35-21-34-30)40(25-13-8-5-9-14-25)29(36-28)24-11-6-4-7-12-24;/h4-16,21,23,32,41H,17-20H2,1-3H3;1H. The van der Waals surface area contributed by atoms with Gasteiger partial charge in [0, 0.05) is 55.2 Å². The summed E-state index contributed by atoms with van der Waals surface area (Å²) in [4.78, 5) is 21.2. The Morgan fingerprint density at radius 3 is 2.21 bits per heavy atom. The molecule has 0 bridgehead atoms. The van der Waals surface area contributed by atoms with E-state index in [-0.39, 0.29) is 18.6 Å². The first-order chi connectivity index (χ1) is 19.9. The van der Waals surface area contributed by atoms with Crippen molar-refractivity contribution in [3.63, 3.8) is 0 Å². The number of rotatable bonds is 7. The average molecular weight is 605 g/mol. The maximum atomic E-state index is 11.1. The van der Waals surface area contributed by atoms with Crippen LogP contribution in [0.15, 0.2) is 85.2 Å². The molecule has 42 heavy (non-hydrogen) atoms. The fraction of sp³-hybridized carbons (Fsp3) is 0.281. The SMILES string of the molecule is Cc1c(Cl)cccc1N1CCN(C(C(C)O)N(C)c2ncnc3c2nc(-c2ccccc2)n3-c2ccccc2)CC1.Cl. The van der Waals surface area contributed by atoms with Gasteiger partial charge in [0.15, 0.2) is 17.0 Å². The zero-order chi connectivity index (χ0) is 28.5. The third-order valence-corrected chi connectivity index (χ3v) is 8.31. The molecule has 1 saturated heterocycles. The molecule has 3 heterocycles. The summed E-state index contributed by atoms with van der Waals surface area (Å²) < 4.78 is 2.08. The van der Waals surface area contributed by atoms with E-state index in [0.29, 0.717) is 11.3 Å². The summed E-state index contributed by atoms with van der Waals surface area (Å²) in [5.41, 5.74) is 5.63. The summed E-state index contributed by atoms with van der Waals surface area (Å²) >= 11 is 6.41. The molecule has 2 atom stereocenters. The van der Waals surface area contributed by atoms with Crippen LogP contribution < -0.4 is 9.80 Å². The number of benzene rings is 3. The number of likely N-dealkylation sites (N-methyl/N-ethyl adjacent to an activating group) is 1. The van der Waals surface area contributed by atoms with Gasteiger partial charge in [0.1, 0.15) is 18.3 Å². The number of para-hydroxylation sites is 1. The average Bonchev–Trinajstić information content (AvgIpc) is 3.40. The minimum atomic E-state index is -0.630. The van der Waals surface area contributed by atoms with Crippen LogP contribution in [-0.2, 0) is 0 Å². The van der Waals surface area contributed by atoms with Gasteiger partial charge in [-0.3, -0.25) is 9.47 Å². The van der Waals surface area contributed by atoms with Crippen LogP contribution in [0.25, 0.3) is 28.2 Å². The van der Waals surface area contributed by atoms with Gasteiger partial charge in [-0.2, -0.15) is 0 Å². The van der Waals surface area contributed by atoms with E-state index in [0.717, 1.165) is 65.2 Å². The van der Waals surface area contributed by atoms with Gasteiger partial charge in [-0.05, 0) is 43.7 Å². The minimum absolute atomic E-state index is 0. The maximum absolute atomic E-state index is 11.1. The van der Waals surface area contributed by atoms with E-state index in [4.69, 9.17) is 26.6 Å². The van der Waals surface area contributed by atoms with Crippen LogP contribution in [0.3, 0.4) is 0 Å². The van der Waals surface area contributed by atoms with Gasteiger partial charge in [-0.15, -0.1) is 12.4 Å². The molecule has 0 saturated carbocycles. The quantitative estimate of drug-likeness (QED) is 0.251. The van der Waals surface area contributed by atoms with E-state index < -0.39 is 6.10 Å². The van der Waals surface area contributed by atoms with Gasteiger partial charge in [0.05, 0.1) is 6.10 Å². The van der Waals surface area contributed by atoms with Gasteiger partial charge in [-0.25, -0.2) is 15.0 Å². The molecule has 0 amide bonds. The van der Waals surface area contributed by atoms with Crippen LogP contribution in [0.5, 0.6) is 0 Å². The molecule has 1 aliphatic heterocycles. The van der Waals surface area contributed by atoms with Crippen molar-refractivity contribution in [2.75, 3.05) is 43.0 Å². The Labute approximate surface area is 257 Å². The number of nitrogens with zero attached hydrogens (tertiary/aromatic N) is 7. The van der Waals surface area contributed by atoms with Crippen molar-refractivity contribution < 1.29 is 5.11 Å². The molecule has 3 aromatic carbocycles. The van der Waals surface area contributed by atoms with Crippen molar-refractivity contribution in [3.05, 3.63) is 95.8 Å². The molecule has 2 unspecified atom stereocenters. The number of fused-ring (bicyclic) bond motifs is 1. The molecule has 2 aromatic heterocycles. The van der Waals surface area contributed by atoms with Crippen molar-refractivity contribution in [1.82, 2.24) is 24.4 Å². The molecule has 5 aromatic rings. The lowest BCUT2D eigenvalue weighted by Crippen LogP contribution is -2.59. The van der Waals surface area contributed by atoms with E-state index in [1.807, 2.05) is 67.4 Å². The van der Waals surface area contributed by atoms with Crippen molar-refractivity contribution in [1.29, 1.82) is 0 Å². The Hall–Kier alpha value is -3.69. The molecule has 0 spiro atoms. The van der Waals surface area contributed by atoms with Crippen LogP contribution >= 0.6 is 24.0 Å². The summed E-state index contributed by atoms with van der Waals surface area (Å²) in [5, 5.41) is 11.8. The summed E-state index contributed by atoms with van der Waals surface area (Å²) in [7, 11) is 1.98. The molecule has 0 aliphatic carbocycles. The first-order valence-electron chi connectivity index (χ1n) is 13.9. The van der Waals surface area contributed by atoms with Crippen LogP contribution in [0, 0.1) is 6.92 Å². The lowest BCUT2D eigenvalue weighted by atomic mass is 10.1. The second kappa shape index (κ2) is 12.7. The molecule has 1 fully saturated rings. The van der Waals surface area contributed by atoms with Crippen LogP contribution in [0.4, 0.5) is 11.5 Å². The minimum Gasteiger partial charge on any atom is -0.390 e. The van der Waals surface area contributed by atoms with Gasteiger partial charge in [0.25, 0.3) is 0 Å². The number of halogens is 2. The number of anilines is 2. The van der Waals surface area contributed by atoms with Crippen molar-refractivity contribution in [2.45, 2.75) is 26.1 Å². The first kappa shape index (κ1) is 29.8. The van der Waals surface area contributed by atoms with E-state index in [1.165, 1.54) is 0 Å². The number of hydrogen-bond donors (Lipinski definition) is 1. The molecule has 10 heteroatoms. The lowest BCUT2D eigenvalue weighted by molar-refractivity contribution is 0.0572. The number of hydrogen-bond acceptors (Lipinski definition) is 7. The van der Waals surface area contributed by atoms with Crippen molar-refractivity contribution in [2.24, 2.45) is 0 Å². The Morgan fingerprint density at radius 1 is 0.881 bits per heavy atom. The van der Waals surface area contributed by atoms with Crippen LogP contribution in [0.1, 0.15) is 12.5 Å². The van der Waals surface area contributed by atoms with Crippen LogP contribution in [0.2, 0.25) is 5.02 Å². The van der Waals surface area contributed by atoms with Crippen molar-refractivity contribution in [3.8, 4) is 17.1 Å². The number of imidazole rings is 1. The number of aromatic nitrogens is 4. The first-order valence-corrected chi connectivity index (χ1v) is 14.3. The molecular formula is C32H35Cl2N7O. The molecule has 1 aliphatic rings. The Morgan fingerprint density at radius 2 is 1.55 bits per heavy atom. The highest BCUT2D eigenvalue weighted by atomic mass is 35.5. The third kappa shape index (κ3) is 5.55. The summed E-state index contributed by atoms with van der Waals surface area (Å²) in [6.45, 7) is 7.14. The highest BCUT2D eigenvalue weighted by Crippen LogP contribution is 2.33. The largest absolute Gasteiger partial charge is 0.390 e. The maximum Gasteiger partial charge on any atom is 0.170 e. The van der Waals surface area contributed by atoms with Crippen molar-refractivity contribution >= 4 is 46.7 Å². The zero-order valence-electron chi connectivity index (χ0n) is 23.9. The fourth-order valence-electron chi connectivity index (χ4n) is 5.91. The van der Waals surface area contributed by atoms with Gasteiger partial charge < -0.3 is 14.9 Å². The van der Waals surface area contributed by atoms with E-state index in [9.17, 15) is 5.11 Å². The van der Waals surface area contributed by atoms with E-state index in [1.54, 1.807) is 6.33 Å². The van der Waals surface area contributed by atoms with E-state index in [2.05, 4.69) is 51.6 Å². The molecule has 8 nitrogen and oxygen atoms in total. The smallest absolute Gasteiger partial charge is 0.170 e. The number of piperazine rings is 1. The highest BCUT2D eigenvalue weighted by Gasteiger charge is 2.33. The molecule has 0 radical (unpaired) electrons. The Balaban J connectivity index is 0.00000353. The predicted molar refractivity (Wildman–Crippen MR) is 173 cm³/mol. The molecule has 1 N–H and O–H groups in total. The third-order valence-electron chi connectivity index (χ3n) is 7.90. The highest BCUT2D eigenvalue weighted by molar-refractivity contribution is 6.31. The summed E-state index contributed by atoms with van der Waals surface area (Å²) in [6.07, 6.45) is 0.662. The predicted octanol–water partition coefficient (Wildman–Crippen LogP) is 5.83. The van der Waals surface area contributed by atoms with Gasteiger partial charge in [0.2, 0.25) is 0 Å². The fourth-order valence-corrected chi connectivity index (χ4v) is 6.08. The number of aliphatic hydroxyl groups excluding tert-OH is 1. The Bertz CT molecular complexity index is 1640. The van der Waals surface area contributed by atoms with E-state index >= 15 is 0 Å². The second-order valence-corrected chi connectivity index (χ2v) is 10.9. The molecule has 218 valence electrons. The Kier molecular flexibility index (Phi) is 8.99. The summed E-state index contributed by atoms with van der Waals surface area (Å²) in [5.74, 6) is 1.47. The zero-order valence-corrected chi connectivity index (χ0v) is 25.5. The lowest BCUT2D eigenvalue weighted by Gasteiger charge is -2.45. The number of aliphatic hydroxyl groups is 1. The molecular weight excluding hydrogens is 569 g/mol. The van der Waals surface area contributed by atoms with Gasteiger partial charge in [-0.1, -0.05) is 66.2 Å². The second-order valence-electron chi connectivity index (χ2n) is 10.5. The normalized spacial score (nSPS) is 15.3. The topological polar surface area (TPSA) is 73.6 Å². The van der Waals surface area contributed by atoms with Crippen LogP contribution in [-0.4, -0.2) is 75.0 Å².